The molecule has 0 heteroatoms. The topological polar surface area (TPSA) is 0 Å². The summed E-state index contributed by atoms with van der Waals surface area (Å²) in [4.78, 5) is 0. The van der Waals surface area contributed by atoms with Gasteiger partial charge in [0, 0.05) is 0 Å². The molecule has 0 aliphatic carbocycles. The van der Waals surface area contributed by atoms with Crippen LogP contribution in [-0.4, -0.2) is 0 Å². The summed E-state index contributed by atoms with van der Waals surface area (Å²) in [5, 5.41) is 0. The van der Waals surface area contributed by atoms with Crippen LogP contribution in [0.15, 0.2) is 0 Å². The SMILES string of the molecule is CC(C)(C)CCCCC(C)(C)C.CC(C)CCC(C)CC(C)(C)C.CC(C)CCCCC(C)(C)C.CC(CCC(C)(C)C)CC(C)(C)C. The van der Waals surface area contributed by atoms with Crippen LogP contribution in [0.3, 0.4) is 0 Å². The van der Waals surface area contributed by atoms with Crippen molar-refractivity contribution in [1.29, 1.82) is 0 Å². The third-order valence-electron chi connectivity index (χ3n) is 8.61. The number of rotatable bonds is 14. The molecule has 296 valence electrons. The summed E-state index contributed by atoms with van der Waals surface area (Å²) in [6.07, 6.45) is 19.3. The summed E-state index contributed by atoms with van der Waals surface area (Å²) in [5.41, 5.74) is 3.10. The molecule has 0 aromatic rings. The number of unbranched alkanes of at least 4 members (excludes halogenated alkanes) is 2. The van der Waals surface area contributed by atoms with Crippen LogP contribution in [-0.2, 0) is 0 Å². The van der Waals surface area contributed by atoms with E-state index < -0.39 is 0 Å². The Morgan fingerprint density at radius 1 is 0.271 bits per heavy atom. The van der Waals surface area contributed by atoms with Crippen molar-refractivity contribution in [2.75, 3.05) is 0 Å². The minimum absolute atomic E-state index is 0.497. The second-order valence-corrected chi connectivity index (χ2v) is 24.3. The second-order valence-electron chi connectivity index (χ2n) is 24.3. The van der Waals surface area contributed by atoms with E-state index in [0.29, 0.717) is 32.5 Å². The third kappa shape index (κ3) is 64.5. The van der Waals surface area contributed by atoms with Gasteiger partial charge in [-0.05, 0) is 94.7 Å². The zero-order valence-corrected chi connectivity index (χ0v) is 39.2. The Bertz CT molecular complexity index is 661. The molecule has 0 bridgehead atoms. The normalized spacial score (nSPS) is 14.4. The minimum Gasteiger partial charge on any atom is -0.0628 e. The molecule has 0 amide bonds. The highest BCUT2D eigenvalue weighted by atomic mass is 14.2. The van der Waals surface area contributed by atoms with E-state index >= 15 is 0 Å². The lowest BCUT2D eigenvalue weighted by Crippen LogP contribution is -2.13. The van der Waals surface area contributed by atoms with E-state index in [0.717, 1.165) is 23.7 Å². The van der Waals surface area contributed by atoms with Gasteiger partial charge in [-0.25, -0.2) is 0 Å². The van der Waals surface area contributed by atoms with E-state index in [1.165, 1.54) is 89.9 Å². The molecular weight excluding hydrogens is 577 g/mol. The van der Waals surface area contributed by atoms with Crippen LogP contribution < -0.4 is 0 Å². The number of hydrogen-bond acceptors (Lipinski definition) is 0. The van der Waals surface area contributed by atoms with Gasteiger partial charge in [0.25, 0.3) is 0 Å². The minimum atomic E-state index is 0.497. The van der Waals surface area contributed by atoms with E-state index in [1.807, 2.05) is 0 Å². The largest absolute Gasteiger partial charge is 0.0628 e. The second kappa shape index (κ2) is 25.9. The van der Waals surface area contributed by atoms with Crippen LogP contribution in [0.4, 0.5) is 0 Å². The van der Waals surface area contributed by atoms with Gasteiger partial charge in [0.05, 0.1) is 0 Å². The first-order chi connectivity index (χ1) is 21.0. The molecule has 0 aromatic carbocycles. The van der Waals surface area contributed by atoms with Crippen LogP contribution in [0.25, 0.3) is 0 Å². The summed E-state index contributed by atoms with van der Waals surface area (Å²) < 4.78 is 0. The molecule has 0 radical (unpaired) electrons. The Labute approximate surface area is 311 Å². The highest BCUT2D eigenvalue weighted by Gasteiger charge is 2.18. The molecule has 0 heterocycles. The summed E-state index contributed by atoms with van der Waals surface area (Å²) >= 11 is 0. The van der Waals surface area contributed by atoms with E-state index in [4.69, 9.17) is 0 Å². The Hall–Kier alpha value is 0. The molecule has 0 spiro atoms. The quantitative estimate of drug-likeness (QED) is 0.160. The first-order valence-electron chi connectivity index (χ1n) is 21.0. The fraction of sp³-hybridized carbons (Fsp3) is 1.00. The average molecular weight is 681 g/mol. The van der Waals surface area contributed by atoms with Gasteiger partial charge < -0.3 is 0 Å². The summed E-state index contributed by atoms with van der Waals surface area (Å²) in [7, 11) is 0. The molecule has 0 aromatic heterocycles. The van der Waals surface area contributed by atoms with Gasteiger partial charge >= 0.3 is 0 Å². The van der Waals surface area contributed by atoms with Crippen LogP contribution >= 0.6 is 0 Å². The highest BCUT2D eigenvalue weighted by molar-refractivity contribution is 4.70. The lowest BCUT2D eigenvalue weighted by Gasteiger charge is -2.26. The standard InChI is InChI=1S/C13H28.2C12H26.C11H24/c1-11(10-13(5,6)7)8-9-12(2,3)4;1-10(2)7-8-11(3)9-12(4,5)6;1-11(2,3)9-7-8-10-12(4,5)6;1-10(2)8-6-7-9-11(3,4)5/h11H,8-10H2,1-7H3;10-11H,7-9H2,1-6H3;7-10H2,1-6H3;10H,6-9H2,1-5H3. The monoisotopic (exact) mass is 681 g/mol. The molecule has 0 saturated carbocycles. The Balaban J connectivity index is -0.000000269. The van der Waals surface area contributed by atoms with Crippen molar-refractivity contribution < 1.29 is 0 Å². The van der Waals surface area contributed by atoms with Crippen molar-refractivity contribution in [3.63, 3.8) is 0 Å². The molecule has 2 unspecified atom stereocenters. The van der Waals surface area contributed by atoms with Crippen LogP contribution in [0.5, 0.6) is 0 Å². The molecule has 0 nitrogen and oxygen atoms in total. The lowest BCUT2D eigenvalue weighted by atomic mass is 9.80. The smallest absolute Gasteiger partial charge is 0.0380 e. The van der Waals surface area contributed by atoms with Crippen molar-refractivity contribution in [2.24, 2.45) is 56.2 Å². The molecule has 2 atom stereocenters. The predicted molar refractivity (Wildman–Crippen MR) is 229 cm³/mol. The van der Waals surface area contributed by atoms with Gasteiger partial charge in [0.15, 0.2) is 0 Å². The van der Waals surface area contributed by atoms with Crippen LogP contribution in [0.2, 0.25) is 0 Å². The first-order valence-corrected chi connectivity index (χ1v) is 21.0. The van der Waals surface area contributed by atoms with Crippen molar-refractivity contribution in [3.8, 4) is 0 Å². The van der Waals surface area contributed by atoms with Gasteiger partial charge in [-0.2, -0.15) is 0 Å². The van der Waals surface area contributed by atoms with Gasteiger partial charge in [-0.3, -0.25) is 0 Å². The summed E-state index contributed by atoms with van der Waals surface area (Å²) in [5.74, 6) is 3.52. The van der Waals surface area contributed by atoms with Gasteiger partial charge in [0.1, 0.15) is 0 Å². The van der Waals surface area contributed by atoms with Crippen molar-refractivity contribution in [3.05, 3.63) is 0 Å². The fourth-order valence-corrected chi connectivity index (χ4v) is 6.11. The first kappa shape index (κ1) is 54.8. The highest BCUT2D eigenvalue weighted by Crippen LogP contribution is 2.31. The van der Waals surface area contributed by atoms with Crippen molar-refractivity contribution >= 4 is 0 Å². The summed E-state index contributed by atoms with van der Waals surface area (Å²) in [6.45, 7) is 55.9. The predicted octanol–water partition coefficient (Wildman–Crippen LogP) is 18.3. The lowest BCUT2D eigenvalue weighted by molar-refractivity contribution is 0.260. The van der Waals surface area contributed by atoms with Crippen molar-refractivity contribution in [2.45, 2.75) is 256 Å². The molecule has 0 aliphatic heterocycles. The van der Waals surface area contributed by atoms with Gasteiger partial charge in [-0.1, -0.05) is 218 Å². The fourth-order valence-electron chi connectivity index (χ4n) is 6.11. The molecule has 0 aliphatic rings. The van der Waals surface area contributed by atoms with Gasteiger partial charge in [0.2, 0.25) is 0 Å². The third-order valence-corrected chi connectivity index (χ3v) is 8.61. The molecular formula is C48H104. The molecule has 48 heavy (non-hydrogen) atoms. The maximum Gasteiger partial charge on any atom is -0.0380 e. The molecule has 0 saturated heterocycles. The van der Waals surface area contributed by atoms with E-state index in [1.54, 1.807) is 0 Å². The van der Waals surface area contributed by atoms with E-state index in [9.17, 15) is 0 Å². The van der Waals surface area contributed by atoms with Crippen molar-refractivity contribution in [1.82, 2.24) is 0 Å². The van der Waals surface area contributed by atoms with E-state index in [-0.39, 0.29) is 0 Å². The molecule has 0 fully saturated rings. The van der Waals surface area contributed by atoms with Gasteiger partial charge in [-0.15, -0.1) is 0 Å². The summed E-state index contributed by atoms with van der Waals surface area (Å²) in [6, 6.07) is 0. The Morgan fingerprint density at radius 3 is 0.792 bits per heavy atom. The van der Waals surface area contributed by atoms with Crippen LogP contribution in [0.1, 0.15) is 256 Å². The van der Waals surface area contributed by atoms with Crippen LogP contribution in [0, 0.1) is 56.2 Å². The zero-order valence-electron chi connectivity index (χ0n) is 39.2. The average Bonchev–Trinajstić information content (AvgIpc) is 2.79. The Kier molecular flexibility index (Phi) is 29.5. The Morgan fingerprint density at radius 2 is 0.542 bits per heavy atom. The number of hydrogen-bond donors (Lipinski definition) is 0. The zero-order chi connectivity index (χ0) is 39.2. The van der Waals surface area contributed by atoms with E-state index in [2.05, 4.69) is 166 Å². The molecule has 0 N–H and O–H groups in total. The maximum atomic E-state index is 2.39. The molecule has 0 rings (SSSR count). The maximum absolute atomic E-state index is 2.39.